The summed E-state index contributed by atoms with van der Waals surface area (Å²) in [4.78, 5) is 14.7. The highest BCUT2D eigenvalue weighted by Gasteiger charge is 2.17. The molecule has 0 aliphatic rings. The molecule has 0 radical (unpaired) electrons. The van der Waals surface area contributed by atoms with Gasteiger partial charge in [-0.1, -0.05) is 103 Å². The quantitative estimate of drug-likeness (QED) is 0.200. The van der Waals surface area contributed by atoms with Crippen molar-refractivity contribution < 1.29 is 4.42 Å². The lowest BCUT2D eigenvalue weighted by Gasteiger charge is -2.08. The van der Waals surface area contributed by atoms with Crippen LogP contribution in [0.15, 0.2) is 162 Å². The summed E-state index contributed by atoms with van der Waals surface area (Å²) in [5, 5.41) is 3.27. The summed E-state index contributed by atoms with van der Waals surface area (Å²) in [5.41, 5.74) is 9.05. The molecule has 6 aromatic carbocycles. The van der Waals surface area contributed by atoms with Gasteiger partial charge in [-0.3, -0.25) is 0 Å². The number of hydrogen-bond donors (Lipinski definition) is 0. The van der Waals surface area contributed by atoms with Gasteiger partial charge in [0.1, 0.15) is 11.2 Å². The molecule has 216 valence electrons. The molecule has 0 saturated heterocycles. The molecule has 9 aromatic rings. The highest BCUT2D eigenvalue weighted by Crippen LogP contribution is 2.38. The van der Waals surface area contributed by atoms with E-state index in [0.29, 0.717) is 17.5 Å². The minimum absolute atomic E-state index is 0.617. The second-order valence-corrected chi connectivity index (χ2v) is 11.3. The van der Waals surface area contributed by atoms with Gasteiger partial charge in [-0.25, -0.2) is 15.0 Å². The van der Waals surface area contributed by atoms with Crippen LogP contribution in [0.2, 0.25) is 0 Å². The molecule has 5 nitrogen and oxygen atoms in total. The lowest BCUT2D eigenvalue weighted by molar-refractivity contribution is 0.669. The summed E-state index contributed by atoms with van der Waals surface area (Å²) in [6, 6.07) is 51.7. The number of nitrogens with zero attached hydrogens (tertiary/aromatic N) is 4. The third-order valence-electron chi connectivity index (χ3n) is 8.48. The van der Waals surface area contributed by atoms with Crippen LogP contribution in [0.3, 0.4) is 0 Å². The fraction of sp³-hybridized carbons (Fsp3) is 0. The Kier molecular flexibility index (Phi) is 6.06. The van der Waals surface area contributed by atoms with Crippen molar-refractivity contribution in [2.75, 3.05) is 0 Å². The van der Waals surface area contributed by atoms with E-state index in [2.05, 4.69) is 83.6 Å². The maximum absolute atomic E-state index is 6.32. The SMILES string of the molecule is c1ccc(-c2nc(-c3ccccc3)nc(-c3ccc4oc5ccc(-c6cn(-c7ccccc7)c7ccccc67)cc5c4c3)n2)cc1. The largest absolute Gasteiger partial charge is 0.456 e. The lowest BCUT2D eigenvalue weighted by atomic mass is 10.0. The van der Waals surface area contributed by atoms with Gasteiger partial charge in [-0.15, -0.1) is 0 Å². The smallest absolute Gasteiger partial charge is 0.164 e. The van der Waals surface area contributed by atoms with Crippen molar-refractivity contribution in [3.63, 3.8) is 0 Å². The average molecular weight is 591 g/mol. The van der Waals surface area contributed by atoms with E-state index < -0.39 is 0 Å². The molecule has 0 unspecified atom stereocenters. The number of rotatable bonds is 5. The molecule has 46 heavy (non-hydrogen) atoms. The topological polar surface area (TPSA) is 56.7 Å². The third kappa shape index (κ3) is 4.45. The molecule has 3 aromatic heterocycles. The number of fused-ring (bicyclic) bond motifs is 4. The Morgan fingerprint density at radius 3 is 1.54 bits per heavy atom. The molecule has 0 atom stereocenters. The first-order valence-electron chi connectivity index (χ1n) is 15.3. The minimum Gasteiger partial charge on any atom is -0.456 e. The predicted molar refractivity (Wildman–Crippen MR) is 186 cm³/mol. The van der Waals surface area contributed by atoms with Crippen LogP contribution in [0.25, 0.3) is 83.8 Å². The summed E-state index contributed by atoms with van der Waals surface area (Å²) in [5.74, 6) is 1.89. The van der Waals surface area contributed by atoms with Gasteiger partial charge in [0.05, 0.1) is 5.52 Å². The zero-order valence-corrected chi connectivity index (χ0v) is 24.7. The Morgan fingerprint density at radius 2 is 0.913 bits per heavy atom. The van der Waals surface area contributed by atoms with Crippen LogP contribution in [0, 0.1) is 0 Å². The van der Waals surface area contributed by atoms with Crippen LogP contribution in [-0.4, -0.2) is 19.5 Å². The second kappa shape index (κ2) is 10.7. The van der Waals surface area contributed by atoms with E-state index in [9.17, 15) is 0 Å². The van der Waals surface area contributed by atoms with Crippen LogP contribution < -0.4 is 0 Å². The van der Waals surface area contributed by atoms with E-state index in [1.165, 1.54) is 16.5 Å². The predicted octanol–water partition coefficient (Wildman–Crippen LogP) is 10.4. The van der Waals surface area contributed by atoms with Crippen molar-refractivity contribution in [3.8, 4) is 51.0 Å². The van der Waals surface area contributed by atoms with E-state index in [1.807, 2.05) is 78.9 Å². The first kappa shape index (κ1) is 26.1. The Hall–Kier alpha value is -6.33. The molecule has 0 fully saturated rings. The fourth-order valence-corrected chi connectivity index (χ4v) is 6.23. The van der Waals surface area contributed by atoms with Crippen molar-refractivity contribution >= 4 is 32.8 Å². The molecule has 0 spiro atoms. The van der Waals surface area contributed by atoms with Gasteiger partial charge in [0.2, 0.25) is 0 Å². The molecule has 0 aliphatic heterocycles. The summed E-state index contributed by atoms with van der Waals surface area (Å²) in [6.07, 6.45) is 2.23. The molecule has 0 N–H and O–H groups in total. The van der Waals surface area contributed by atoms with Gasteiger partial charge in [0.25, 0.3) is 0 Å². The fourth-order valence-electron chi connectivity index (χ4n) is 6.23. The maximum atomic E-state index is 6.32. The highest BCUT2D eigenvalue weighted by atomic mass is 16.3. The van der Waals surface area contributed by atoms with E-state index in [1.54, 1.807) is 0 Å². The molecular formula is C41H26N4O. The molecule has 9 rings (SSSR count). The van der Waals surface area contributed by atoms with Gasteiger partial charge in [0.15, 0.2) is 17.5 Å². The Labute approximate surface area is 265 Å². The number of furan rings is 1. The summed E-state index contributed by atoms with van der Waals surface area (Å²) in [6.45, 7) is 0. The minimum atomic E-state index is 0.617. The van der Waals surface area contributed by atoms with Gasteiger partial charge >= 0.3 is 0 Å². The Bertz CT molecular complexity index is 2460. The maximum Gasteiger partial charge on any atom is 0.164 e. The van der Waals surface area contributed by atoms with Crippen molar-refractivity contribution in [2.45, 2.75) is 0 Å². The molecular weight excluding hydrogens is 564 g/mol. The zero-order valence-electron chi connectivity index (χ0n) is 24.7. The van der Waals surface area contributed by atoms with Crippen molar-refractivity contribution in [1.29, 1.82) is 0 Å². The van der Waals surface area contributed by atoms with Crippen LogP contribution in [0.1, 0.15) is 0 Å². The summed E-state index contributed by atoms with van der Waals surface area (Å²) in [7, 11) is 0. The molecule has 0 amide bonds. The first-order chi connectivity index (χ1) is 22.8. The molecule has 0 bridgehead atoms. The standard InChI is InChI=1S/C41H26N4O/c1-4-12-27(13-5-1)39-42-40(28-14-6-2-7-15-28)44-41(43-39)30-21-23-38-34(25-30)33-24-29(20-22-37(33)46-38)35-26-45(31-16-8-3-9-17-31)36-19-11-10-18-32(35)36/h1-26H. The first-order valence-corrected chi connectivity index (χ1v) is 15.3. The zero-order chi connectivity index (χ0) is 30.5. The summed E-state index contributed by atoms with van der Waals surface area (Å²) >= 11 is 0. The monoisotopic (exact) mass is 590 g/mol. The van der Waals surface area contributed by atoms with Crippen molar-refractivity contribution in [1.82, 2.24) is 19.5 Å². The van der Waals surface area contributed by atoms with E-state index in [0.717, 1.165) is 49.9 Å². The van der Waals surface area contributed by atoms with Gasteiger partial charge in [0, 0.05) is 50.3 Å². The number of para-hydroxylation sites is 2. The van der Waals surface area contributed by atoms with E-state index in [4.69, 9.17) is 19.4 Å². The van der Waals surface area contributed by atoms with Crippen molar-refractivity contribution in [3.05, 3.63) is 158 Å². The van der Waals surface area contributed by atoms with Gasteiger partial charge in [-0.2, -0.15) is 0 Å². The third-order valence-corrected chi connectivity index (χ3v) is 8.48. The van der Waals surface area contributed by atoms with E-state index in [-0.39, 0.29) is 0 Å². The van der Waals surface area contributed by atoms with Gasteiger partial charge < -0.3 is 8.98 Å². The molecule has 0 aliphatic carbocycles. The number of benzene rings is 6. The molecule has 3 heterocycles. The number of hydrogen-bond acceptors (Lipinski definition) is 4. The van der Waals surface area contributed by atoms with Crippen LogP contribution in [0.4, 0.5) is 0 Å². The lowest BCUT2D eigenvalue weighted by Crippen LogP contribution is -2.00. The van der Waals surface area contributed by atoms with Crippen molar-refractivity contribution in [2.24, 2.45) is 0 Å². The van der Waals surface area contributed by atoms with E-state index >= 15 is 0 Å². The second-order valence-electron chi connectivity index (χ2n) is 11.3. The molecule has 5 heteroatoms. The van der Waals surface area contributed by atoms with Crippen LogP contribution in [-0.2, 0) is 0 Å². The normalized spacial score (nSPS) is 11.5. The van der Waals surface area contributed by atoms with Gasteiger partial charge in [-0.05, 0) is 54.1 Å². The number of aromatic nitrogens is 4. The Balaban J connectivity index is 1.21. The average Bonchev–Trinajstić information content (AvgIpc) is 3.71. The highest BCUT2D eigenvalue weighted by molar-refractivity contribution is 6.09. The summed E-state index contributed by atoms with van der Waals surface area (Å²) < 4.78 is 8.58. The Morgan fingerprint density at radius 1 is 0.413 bits per heavy atom. The van der Waals surface area contributed by atoms with Crippen LogP contribution >= 0.6 is 0 Å². The van der Waals surface area contributed by atoms with Crippen LogP contribution in [0.5, 0.6) is 0 Å². The molecule has 0 saturated carbocycles.